The number of nitrogens with zero attached hydrogens (tertiary/aromatic N) is 4. The molecule has 7 nitrogen and oxygen atoms in total. The highest BCUT2D eigenvalue weighted by Crippen LogP contribution is 2.24. The molecule has 2 aromatic heterocycles. The third kappa shape index (κ3) is 4.64. The van der Waals surface area contributed by atoms with Crippen LogP contribution in [0, 0.1) is 12.5 Å². The Balaban J connectivity index is 2.09. The van der Waals surface area contributed by atoms with E-state index in [4.69, 9.17) is 6.42 Å². The summed E-state index contributed by atoms with van der Waals surface area (Å²) in [5.41, 5.74) is 0.955. The van der Waals surface area contributed by atoms with Crippen LogP contribution in [0.4, 0.5) is 13.2 Å². The summed E-state index contributed by atoms with van der Waals surface area (Å²) in [5, 5.41) is 7.93. The fourth-order valence-electron chi connectivity index (χ4n) is 1.78. The van der Waals surface area contributed by atoms with E-state index in [2.05, 4.69) is 26.2 Å². The largest absolute Gasteiger partial charge is 0.573 e. The van der Waals surface area contributed by atoms with Gasteiger partial charge in [-0.25, -0.2) is 5.01 Å². The molecule has 0 unspecified atom stereocenters. The maximum Gasteiger partial charge on any atom is 0.573 e. The highest BCUT2D eigenvalue weighted by molar-refractivity contribution is 5.57. The normalized spacial score (nSPS) is 10.8. The average molecular weight is 339 g/mol. The molecule has 0 radical (unpaired) electrons. The smallest absolute Gasteiger partial charge is 0.404 e. The number of hydrogen-bond acceptors (Lipinski definition) is 5. The Morgan fingerprint density at radius 2 is 2.21 bits per heavy atom. The minimum absolute atomic E-state index is 0.322. The van der Waals surface area contributed by atoms with Crippen molar-refractivity contribution in [3.8, 4) is 29.5 Å². The Kier molecular flexibility index (Phi) is 5.26. The molecule has 2 aromatic rings. The molecule has 2 heterocycles. The summed E-state index contributed by atoms with van der Waals surface area (Å²) in [6.07, 6.45) is 5.15. The van der Waals surface area contributed by atoms with Crippen LogP contribution >= 0.6 is 0 Å². The van der Waals surface area contributed by atoms with Gasteiger partial charge >= 0.3 is 6.36 Å². The van der Waals surface area contributed by atoms with Crippen molar-refractivity contribution in [2.45, 2.75) is 6.36 Å². The molecule has 2 rings (SSSR count). The minimum Gasteiger partial charge on any atom is -0.404 e. The van der Waals surface area contributed by atoms with E-state index in [0.29, 0.717) is 30.8 Å². The first-order valence-corrected chi connectivity index (χ1v) is 6.61. The van der Waals surface area contributed by atoms with E-state index in [0.717, 1.165) is 12.3 Å². The van der Waals surface area contributed by atoms with Gasteiger partial charge in [-0.15, -0.1) is 13.2 Å². The van der Waals surface area contributed by atoms with Crippen molar-refractivity contribution < 1.29 is 22.7 Å². The zero-order chi connectivity index (χ0) is 17.6. The second kappa shape index (κ2) is 7.36. The maximum absolute atomic E-state index is 12.1. The van der Waals surface area contributed by atoms with E-state index < -0.39 is 12.1 Å². The lowest BCUT2D eigenvalue weighted by atomic mass is 10.2. The fraction of sp³-hybridized carbons (Fsp3) is 0.214. The molecule has 1 N–H and O–H groups in total. The molecule has 24 heavy (non-hydrogen) atoms. The Labute approximate surface area is 135 Å². The van der Waals surface area contributed by atoms with E-state index in [1.54, 1.807) is 6.20 Å². The Morgan fingerprint density at radius 1 is 1.42 bits per heavy atom. The number of aromatic nitrogens is 3. The second-order valence-corrected chi connectivity index (χ2v) is 4.40. The maximum atomic E-state index is 12.1. The van der Waals surface area contributed by atoms with Gasteiger partial charge in [0.05, 0.1) is 30.8 Å². The van der Waals surface area contributed by atoms with Crippen LogP contribution in [0.15, 0.2) is 30.7 Å². The molecule has 0 saturated carbocycles. The van der Waals surface area contributed by atoms with Gasteiger partial charge < -0.3 is 10.1 Å². The van der Waals surface area contributed by atoms with Crippen molar-refractivity contribution in [1.29, 1.82) is 0 Å². The number of halogens is 3. The zero-order valence-corrected chi connectivity index (χ0v) is 12.2. The second-order valence-electron chi connectivity index (χ2n) is 4.40. The number of amides is 1. The number of rotatable bonds is 7. The first-order chi connectivity index (χ1) is 11.4. The predicted molar refractivity (Wildman–Crippen MR) is 78.1 cm³/mol. The number of carbonyl (C=O) groups is 1. The third-order valence-corrected chi connectivity index (χ3v) is 2.78. The van der Waals surface area contributed by atoms with E-state index in [1.807, 2.05) is 0 Å². The Hall–Kier alpha value is -3.22. The number of ether oxygens (including phenoxy) is 1. The van der Waals surface area contributed by atoms with Gasteiger partial charge in [-0.1, -0.05) is 6.42 Å². The molecule has 0 aromatic carbocycles. The number of hydrogen-bond donors (Lipinski definition) is 1. The zero-order valence-electron chi connectivity index (χ0n) is 12.2. The van der Waals surface area contributed by atoms with Crippen LogP contribution in [-0.2, 0) is 4.79 Å². The van der Waals surface area contributed by atoms with Crippen LogP contribution in [0.1, 0.15) is 0 Å². The summed E-state index contributed by atoms with van der Waals surface area (Å²) >= 11 is 0. The number of terminal acetylenes is 1. The van der Waals surface area contributed by atoms with Gasteiger partial charge in [-0.3, -0.25) is 9.78 Å². The lowest BCUT2D eigenvalue weighted by Gasteiger charge is -2.16. The summed E-state index contributed by atoms with van der Waals surface area (Å²) in [4.78, 5) is 15.5. The number of pyridine rings is 1. The quantitative estimate of drug-likeness (QED) is 0.354. The molecule has 0 atom stereocenters. The SMILES string of the molecule is C#CN(CCNC=O)n1cc(-c2ccc(OC(F)(F)F)cn2)cn1. The number of carbonyl (C=O) groups excluding carboxylic acids is 1. The fourth-order valence-corrected chi connectivity index (χ4v) is 1.78. The van der Waals surface area contributed by atoms with E-state index in [1.165, 1.54) is 22.1 Å². The molecular formula is C14H12F3N5O2. The standard InChI is InChI=1S/C14H12F3N5O2/c1-2-21(6-5-18-10-23)22-9-11(7-20-22)13-4-3-12(8-19-13)24-14(15,16)17/h1,3-4,7-10H,5-6H2,(H,18,23). The molecule has 0 aliphatic heterocycles. The first-order valence-electron chi connectivity index (χ1n) is 6.61. The number of nitrogens with one attached hydrogen (secondary N) is 1. The summed E-state index contributed by atoms with van der Waals surface area (Å²) in [6, 6.07) is 4.91. The third-order valence-electron chi connectivity index (χ3n) is 2.78. The molecular weight excluding hydrogens is 327 g/mol. The van der Waals surface area contributed by atoms with Gasteiger partial charge in [0.2, 0.25) is 6.41 Å². The lowest BCUT2D eigenvalue weighted by Crippen LogP contribution is -2.36. The van der Waals surface area contributed by atoms with Gasteiger partial charge in [0.15, 0.2) is 0 Å². The minimum atomic E-state index is -4.77. The van der Waals surface area contributed by atoms with Crippen LogP contribution in [0.2, 0.25) is 0 Å². The number of alkyl halides is 3. The van der Waals surface area contributed by atoms with E-state index in [9.17, 15) is 18.0 Å². The van der Waals surface area contributed by atoms with Crippen LogP contribution < -0.4 is 15.1 Å². The average Bonchev–Trinajstić information content (AvgIpc) is 3.00. The molecule has 1 amide bonds. The van der Waals surface area contributed by atoms with Gasteiger partial charge in [-0.05, 0) is 12.1 Å². The molecule has 126 valence electrons. The van der Waals surface area contributed by atoms with Crippen molar-refractivity contribution in [2.75, 3.05) is 18.1 Å². The van der Waals surface area contributed by atoms with Crippen molar-refractivity contribution in [3.05, 3.63) is 30.7 Å². The molecule has 0 aliphatic rings. The van der Waals surface area contributed by atoms with Crippen molar-refractivity contribution >= 4 is 6.41 Å². The van der Waals surface area contributed by atoms with Crippen LogP contribution in [0.3, 0.4) is 0 Å². The van der Waals surface area contributed by atoms with Crippen LogP contribution in [-0.4, -0.2) is 40.7 Å². The van der Waals surface area contributed by atoms with Crippen molar-refractivity contribution in [3.63, 3.8) is 0 Å². The Morgan fingerprint density at radius 3 is 2.79 bits per heavy atom. The summed E-state index contributed by atoms with van der Waals surface area (Å²) in [7, 11) is 0. The molecule has 0 bridgehead atoms. The van der Waals surface area contributed by atoms with Crippen molar-refractivity contribution in [1.82, 2.24) is 20.2 Å². The van der Waals surface area contributed by atoms with Gasteiger partial charge in [0, 0.05) is 18.2 Å². The summed E-state index contributed by atoms with van der Waals surface area (Å²) in [6.45, 7) is 0.646. The summed E-state index contributed by atoms with van der Waals surface area (Å²) < 4.78 is 40.1. The topological polar surface area (TPSA) is 72.3 Å². The Bertz CT molecular complexity index is 721. The highest BCUT2D eigenvalue weighted by atomic mass is 19.4. The monoisotopic (exact) mass is 339 g/mol. The van der Waals surface area contributed by atoms with E-state index >= 15 is 0 Å². The van der Waals surface area contributed by atoms with Crippen LogP contribution in [0.5, 0.6) is 5.75 Å². The summed E-state index contributed by atoms with van der Waals surface area (Å²) in [5.74, 6) is -0.413. The van der Waals surface area contributed by atoms with Gasteiger partial charge in [0.1, 0.15) is 5.75 Å². The highest BCUT2D eigenvalue weighted by Gasteiger charge is 2.31. The van der Waals surface area contributed by atoms with Gasteiger partial charge in [-0.2, -0.15) is 9.89 Å². The molecule has 0 fully saturated rings. The molecule has 0 spiro atoms. The first kappa shape index (κ1) is 17.1. The molecule has 0 aliphatic carbocycles. The van der Waals surface area contributed by atoms with Gasteiger partial charge in [0.25, 0.3) is 0 Å². The predicted octanol–water partition coefficient (Wildman–Crippen LogP) is 1.12. The lowest BCUT2D eigenvalue weighted by molar-refractivity contribution is -0.274. The molecule has 0 saturated heterocycles. The molecule has 10 heteroatoms. The van der Waals surface area contributed by atoms with Crippen molar-refractivity contribution in [2.24, 2.45) is 0 Å². The van der Waals surface area contributed by atoms with Crippen LogP contribution in [0.25, 0.3) is 11.3 Å². The van der Waals surface area contributed by atoms with E-state index in [-0.39, 0.29) is 0 Å².